The highest BCUT2D eigenvalue weighted by Gasteiger charge is 2.25. The lowest BCUT2D eigenvalue weighted by Crippen LogP contribution is -2.45. The molecule has 4 rings (SSSR count). The van der Waals surface area contributed by atoms with Crippen LogP contribution in [0.2, 0.25) is 0 Å². The van der Waals surface area contributed by atoms with Crippen molar-refractivity contribution in [3.63, 3.8) is 0 Å². The van der Waals surface area contributed by atoms with Crippen molar-refractivity contribution in [1.82, 2.24) is 20.1 Å². The fraction of sp³-hybridized carbons (Fsp3) is 0.333. The monoisotopic (exact) mass is 370 g/mol. The van der Waals surface area contributed by atoms with Crippen LogP contribution in [0, 0.1) is 0 Å². The molecule has 1 aliphatic heterocycles. The van der Waals surface area contributed by atoms with Gasteiger partial charge in [-0.05, 0) is 31.0 Å². The Morgan fingerprint density at radius 2 is 2.23 bits per heavy atom. The molecule has 7 nitrogen and oxygen atoms in total. The highest BCUT2D eigenvalue weighted by atomic mass is 32.2. The van der Waals surface area contributed by atoms with Crippen molar-refractivity contribution in [2.24, 2.45) is 0 Å². The van der Waals surface area contributed by atoms with Crippen molar-refractivity contribution in [1.29, 1.82) is 0 Å². The molecule has 1 atom stereocenters. The van der Waals surface area contributed by atoms with Gasteiger partial charge in [0, 0.05) is 18.8 Å². The van der Waals surface area contributed by atoms with E-state index >= 15 is 0 Å². The Morgan fingerprint density at radius 3 is 3.08 bits per heavy atom. The van der Waals surface area contributed by atoms with Crippen LogP contribution in [0.15, 0.2) is 52.2 Å². The average Bonchev–Trinajstić information content (AvgIpc) is 3.10. The van der Waals surface area contributed by atoms with Crippen molar-refractivity contribution < 1.29 is 13.9 Å². The number of piperidine rings is 1. The van der Waals surface area contributed by atoms with Crippen LogP contribution < -0.4 is 4.74 Å². The molecule has 0 aliphatic carbocycles. The third-order valence-corrected chi connectivity index (χ3v) is 4.97. The molecule has 1 aliphatic rings. The van der Waals surface area contributed by atoms with E-state index in [0.717, 1.165) is 30.5 Å². The highest BCUT2D eigenvalue weighted by molar-refractivity contribution is 7.99. The van der Waals surface area contributed by atoms with Crippen LogP contribution in [0.4, 0.5) is 0 Å². The molecular formula is C18H18N4O3S. The van der Waals surface area contributed by atoms with E-state index < -0.39 is 0 Å². The summed E-state index contributed by atoms with van der Waals surface area (Å²) in [5.41, 5.74) is 1.54. The lowest BCUT2D eigenvalue weighted by atomic mass is 10.1. The zero-order valence-electron chi connectivity index (χ0n) is 14.1. The summed E-state index contributed by atoms with van der Waals surface area (Å²) in [6.07, 6.45) is 3.36. The molecule has 1 aromatic carbocycles. The van der Waals surface area contributed by atoms with Crippen LogP contribution >= 0.6 is 11.8 Å². The number of likely N-dealkylation sites (tertiary alicyclic amines) is 1. The van der Waals surface area contributed by atoms with Gasteiger partial charge in [0.1, 0.15) is 11.6 Å². The maximum atomic E-state index is 12.5. The fourth-order valence-corrected chi connectivity index (χ4v) is 3.65. The van der Waals surface area contributed by atoms with Crippen LogP contribution in [0.5, 0.6) is 5.88 Å². The van der Waals surface area contributed by atoms with Gasteiger partial charge in [0.2, 0.25) is 11.8 Å². The summed E-state index contributed by atoms with van der Waals surface area (Å²) in [4.78, 5) is 18.8. The number of oxazole rings is 1. The Hall–Kier alpha value is -2.61. The number of hydrogen-bond acceptors (Lipinski definition) is 7. The number of para-hydroxylation sites is 2. The Kier molecular flexibility index (Phi) is 5.01. The first-order chi connectivity index (χ1) is 12.8. The third kappa shape index (κ3) is 3.96. The second-order valence-corrected chi connectivity index (χ2v) is 6.95. The SMILES string of the molecule is O=C(CSc1nc2ccccc2o1)N1CCCC(Oc2cccnn2)C1. The lowest BCUT2D eigenvalue weighted by Gasteiger charge is -2.32. The van der Waals surface area contributed by atoms with Gasteiger partial charge in [0.15, 0.2) is 5.58 Å². The molecule has 1 saturated heterocycles. The smallest absolute Gasteiger partial charge is 0.257 e. The number of carbonyl (C=O) groups is 1. The Bertz CT molecular complexity index is 853. The highest BCUT2D eigenvalue weighted by Crippen LogP contribution is 2.24. The van der Waals surface area contributed by atoms with Crippen molar-refractivity contribution in [2.75, 3.05) is 18.8 Å². The number of aromatic nitrogens is 3. The van der Waals surface area contributed by atoms with Gasteiger partial charge in [-0.1, -0.05) is 23.9 Å². The third-order valence-electron chi connectivity index (χ3n) is 4.16. The number of benzene rings is 1. The number of rotatable bonds is 5. The quantitative estimate of drug-likeness (QED) is 0.639. The van der Waals surface area contributed by atoms with Crippen molar-refractivity contribution in [2.45, 2.75) is 24.2 Å². The van der Waals surface area contributed by atoms with Gasteiger partial charge in [0.05, 0.1) is 12.3 Å². The number of amides is 1. The zero-order chi connectivity index (χ0) is 17.8. The summed E-state index contributed by atoms with van der Waals surface area (Å²) in [6, 6.07) is 11.1. The van der Waals surface area contributed by atoms with E-state index in [1.165, 1.54) is 11.8 Å². The number of thioether (sulfide) groups is 1. The number of carbonyl (C=O) groups excluding carboxylic acids is 1. The maximum Gasteiger partial charge on any atom is 0.257 e. The van der Waals surface area contributed by atoms with Crippen molar-refractivity contribution in [3.8, 4) is 5.88 Å². The Morgan fingerprint density at radius 1 is 1.31 bits per heavy atom. The average molecular weight is 370 g/mol. The lowest BCUT2D eigenvalue weighted by molar-refractivity contribution is -0.131. The van der Waals surface area contributed by atoms with Crippen LogP contribution in [-0.4, -0.2) is 50.9 Å². The molecule has 0 saturated carbocycles. The minimum atomic E-state index is -0.0567. The first kappa shape index (κ1) is 16.8. The number of fused-ring (bicyclic) bond motifs is 1. The number of ether oxygens (including phenoxy) is 1. The van der Waals surface area contributed by atoms with Gasteiger partial charge < -0.3 is 14.1 Å². The summed E-state index contributed by atoms with van der Waals surface area (Å²) in [6.45, 7) is 1.30. The van der Waals surface area contributed by atoms with Gasteiger partial charge in [0.25, 0.3) is 5.22 Å². The molecule has 0 N–H and O–H groups in total. The summed E-state index contributed by atoms with van der Waals surface area (Å²) < 4.78 is 11.5. The van der Waals surface area contributed by atoms with E-state index in [1.807, 2.05) is 29.2 Å². The second-order valence-electron chi connectivity index (χ2n) is 6.02. The van der Waals surface area contributed by atoms with Crippen LogP contribution in [0.25, 0.3) is 11.1 Å². The normalized spacial score (nSPS) is 17.4. The Labute approximate surface area is 154 Å². The van der Waals surface area contributed by atoms with Crippen LogP contribution in [-0.2, 0) is 4.79 Å². The zero-order valence-corrected chi connectivity index (χ0v) is 14.9. The second kappa shape index (κ2) is 7.74. The van der Waals surface area contributed by atoms with E-state index in [1.54, 1.807) is 18.3 Å². The molecular weight excluding hydrogens is 352 g/mol. The molecule has 1 fully saturated rings. The minimum absolute atomic E-state index is 0.0567. The number of hydrogen-bond donors (Lipinski definition) is 0. The topological polar surface area (TPSA) is 81.4 Å². The molecule has 26 heavy (non-hydrogen) atoms. The standard InChI is InChI=1S/C18H18N4O3S/c23-17(12-26-18-20-14-6-1-2-7-15(14)25-18)22-10-4-5-13(11-22)24-16-8-3-9-19-21-16/h1-3,6-9,13H,4-5,10-12H2. The summed E-state index contributed by atoms with van der Waals surface area (Å²) in [7, 11) is 0. The molecule has 0 radical (unpaired) electrons. The first-order valence-corrected chi connectivity index (χ1v) is 9.47. The fourth-order valence-electron chi connectivity index (χ4n) is 2.91. The predicted molar refractivity (Wildman–Crippen MR) is 97.0 cm³/mol. The summed E-state index contributed by atoms with van der Waals surface area (Å²) >= 11 is 1.32. The molecule has 3 aromatic rings. The molecule has 8 heteroatoms. The number of nitrogens with zero attached hydrogens (tertiary/aromatic N) is 4. The Balaban J connectivity index is 1.32. The molecule has 1 unspecified atom stereocenters. The van der Waals surface area contributed by atoms with Gasteiger partial charge >= 0.3 is 0 Å². The predicted octanol–water partition coefficient (Wildman–Crippen LogP) is 2.78. The van der Waals surface area contributed by atoms with Crippen LogP contribution in [0.1, 0.15) is 12.8 Å². The van der Waals surface area contributed by atoms with Gasteiger partial charge in [-0.3, -0.25) is 4.79 Å². The molecule has 2 aromatic heterocycles. The molecule has 1 amide bonds. The van der Waals surface area contributed by atoms with E-state index in [0.29, 0.717) is 23.4 Å². The minimum Gasteiger partial charge on any atom is -0.471 e. The molecule has 3 heterocycles. The van der Waals surface area contributed by atoms with Crippen molar-refractivity contribution in [3.05, 3.63) is 42.6 Å². The maximum absolute atomic E-state index is 12.5. The molecule has 134 valence electrons. The van der Waals surface area contributed by atoms with E-state index in [-0.39, 0.29) is 12.0 Å². The summed E-state index contributed by atoms with van der Waals surface area (Å²) in [5.74, 6) is 0.849. The molecule has 0 bridgehead atoms. The van der Waals surface area contributed by atoms with Gasteiger partial charge in [-0.2, -0.15) is 5.10 Å². The van der Waals surface area contributed by atoms with E-state index in [2.05, 4.69) is 15.2 Å². The first-order valence-electron chi connectivity index (χ1n) is 8.48. The molecule has 0 spiro atoms. The van der Waals surface area contributed by atoms with E-state index in [4.69, 9.17) is 9.15 Å². The van der Waals surface area contributed by atoms with Gasteiger partial charge in [-0.25, -0.2) is 4.98 Å². The van der Waals surface area contributed by atoms with Crippen LogP contribution in [0.3, 0.4) is 0 Å². The largest absolute Gasteiger partial charge is 0.471 e. The van der Waals surface area contributed by atoms with Crippen molar-refractivity contribution >= 4 is 28.8 Å². The van der Waals surface area contributed by atoms with E-state index in [9.17, 15) is 4.79 Å². The van der Waals surface area contributed by atoms with Gasteiger partial charge in [-0.15, -0.1) is 5.10 Å². The summed E-state index contributed by atoms with van der Waals surface area (Å²) in [5, 5.41) is 8.27.